The van der Waals surface area contributed by atoms with Gasteiger partial charge < -0.3 is 4.74 Å². The van der Waals surface area contributed by atoms with Gasteiger partial charge in [-0.1, -0.05) is 33.1 Å². The van der Waals surface area contributed by atoms with Gasteiger partial charge in [0.15, 0.2) is 0 Å². The van der Waals surface area contributed by atoms with Crippen molar-refractivity contribution in [3.63, 3.8) is 0 Å². The van der Waals surface area contributed by atoms with E-state index >= 15 is 0 Å². The Balaban J connectivity index is 2.20. The number of esters is 1. The first-order valence-electron chi connectivity index (χ1n) is 6.14. The van der Waals surface area contributed by atoms with Gasteiger partial charge in [-0.3, -0.25) is 4.79 Å². The number of unbranched alkanes of at least 4 members (excludes halogenated alkanes) is 2. The van der Waals surface area contributed by atoms with E-state index in [0.717, 1.165) is 37.9 Å². The number of hydrogen-bond donors (Lipinski definition) is 0. The van der Waals surface area contributed by atoms with Crippen LogP contribution in [0.3, 0.4) is 0 Å². The smallest absolute Gasteiger partial charge is 0.313 e. The van der Waals surface area contributed by atoms with Crippen molar-refractivity contribution in [2.24, 2.45) is 5.92 Å². The van der Waals surface area contributed by atoms with E-state index in [0.29, 0.717) is 0 Å². The van der Waals surface area contributed by atoms with E-state index in [9.17, 15) is 4.79 Å². The predicted molar refractivity (Wildman–Crippen MR) is 61.3 cm³/mol. The van der Waals surface area contributed by atoms with Gasteiger partial charge in [-0.25, -0.2) is 0 Å². The SMILES string of the molecule is CCCCCC(C)C(=O)OC1=CCCC1. The van der Waals surface area contributed by atoms with E-state index in [2.05, 4.69) is 6.92 Å². The minimum atomic E-state index is -0.0424. The Kier molecular flexibility index (Phi) is 5.44. The van der Waals surface area contributed by atoms with Crippen molar-refractivity contribution in [3.05, 3.63) is 11.8 Å². The summed E-state index contributed by atoms with van der Waals surface area (Å²) >= 11 is 0. The van der Waals surface area contributed by atoms with Crippen LogP contribution in [-0.4, -0.2) is 5.97 Å². The molecule has 1 atom stereocenters. The fourth-order valence-corrected chi connectivity index (χ4v) is 1.78. The lowest BCUT2D eigenvalue weighted by molar-refractivity contribution is -0.144. The fraction of sp³-hybridized carbons (Fsp3) is 0.769. The summed E-state index contributed by atoms with van der Waals surface area (Å²) in [5, 5.41) is 0. The first-order valence-corrected chi connectivity index (χ1v) is 6.14. The molecule has 2 heteroatoms. The van der Waals surface area contributed by atoms with Gasteiger partial charge >= 0.3 is 5.97 Å². The Morgan fingerprint density at radius 2 is 2.33 bits per heavy atom. The maximum atomic E-state index is 11.6. The zero-order valence-corrected chi connectivity index (χ0v) is 9.92. The van der Waals surface area contributed by atoms with Crippen molar-refractivity contribution < 1.29 is 9.53 Å². The number of hydrogen-bond acceptors (Lipinski definition) is 2. The molecule has 1 aliphatic carbocycles. The Labute approximate surface area is 92.7 Å². The third-order valence-electron chi connectivity index (χ3n) is 2.87. The molecule has 0 aromatic heterocycles. The zero-order chi connectivity index (χ0) is 11.1. The van der Waals surface area contributed by atoms with Crippen molar-refractivity contribution in [2.75, 3.05) is 0 Å². The minimum absolute atomic E-state index is 0.0424. The normalized spacial score (nSPS) is 17.3. The quantitative estimate of drug-likeness (QED) is 0.492. The van der Waals surface area contributed by atoms with Gasteiger partial charge in [0.05, 0.1) is 5.92 Å². The lowest BCUT2D eigenvalue weighted by Gasteiger charge is -2.11. The molecule has 0 spiro atoms. The maximum Gasteiger partial charge on any atom is 0.313 e. The first kappa shape index (κ1) is 12.3. The summed E-state index contributed by atoms with van der Waals surface area (Å²) in [7, 11) is 0. The maximum absolute atomic E-state index is 11.6. The van der Waals surface area contributed by atoms with Gasteiger partial charge in [0.1, 0.15) is 5.76 Å². The van der Waals surface area contributed by atoms with Crippen LogP contribution < -0.4 is 0 Å². The van der Waals surface area contributed by atoms with Gasteiger partial charge in [-0.15, -0.1) is 0 Å². The van der Waals surface area contributed by atoms with Crippen molar-refractivity contribution in [2.45, 2.75) is 58.8 Å². The van der Waals surface area contributed by atoms with Gasteiger partial charge in [-0.2, -0.15) is 0 Å². The molecule has 0 amide bonds. The lowest BCUT2D eigenvalue weighted by atomic mass is 10.0. The number of allylic oxidation sites excluding steroid dienone is 2. The second-order valence-electron chi connectivity index (χ2n) is 4.38. The average molecular weight is 210 g/mol. The Morgan fingerprint density at radius 1 is 1.53 bits per heavy atom. The molecule has 1 unspecified atom stereocenters. The van der Waals surface area contributed by atoms with Crippen LogP contribution in [0, 0.1) is 5.92 Å². The van der Waals surface area contributed by atoms with Gasteiger partial charge in [0.2, 0.25) is 0 Å². The summed E-state index contributed by atoms with van der Waals surface area (Å²) in [4.78, 5) is 11.6. The largest absolute Gasteiger partial charge is 0.431 e. The monoisotopic (exact) mass is 210 g/mol. The van der Waals surface area contributed by atoms with E-state index in [1.54, 1.807) is 0 Å². The molecular weight excluding hydrogens is 188 g/mol. The van der Waals surface area contributed by atoms with E-state index in [1.165, 1.54) is 12.8 Å². The second kappa shape index (κ2) is 6.65. The molecule has 0 aromatic carbocycles. The summed E-state index contributed by atoms with van der Waals surface area (Å²) in [5.41, 5.74) is 0. The standard InChI is InChI=1S/C13H22O2/c1-3-4-5-8-11(2)13(14)15-12-9-6-7-10-12/h9,11H,3-8,10H2,1-2H3. The molecule has 0 fully saturated rings. The molecule has 0 bridgehead atoms. The molecule has 1 aliphatic rings. The summed E-state index contributed by atoms with van der Waals surface area (Å²) in [6.07, 6.45) is 9.67. The fourth-order valence-electron chi connectivity index (χ4n) is 1.78. The topological polar surface area (TPSA) is 26.3 Å². The van der Waals surface area contributed by atoms with Gasteiger partial charge in [-0.05, 0) is 25.3 Å². The summed E-state index contributed by atoms with van der Waals surface area (Å²) < 4.78 is 5.33. The highest BCUT2D eigenvalue weighted by atomic mass is 16.5. The first-order chi connectivity index (χ1) is 7.24. The highest BCUT2D eigenvalue weighted by Crippen LogP contribution is 2.21. The van der Waals surface area contributed by atoms with Crippen molar-refractivity contribution >= 4 is 5.97 Å². The molecule has 0 radical (unpaired) electrons. The van der Waals surface area contributed by atoms with Crippen molar-refractivity contribution in [1.29, 1.82) is 0 Å². The molecule has 0 aromatic rings. The molecule has 15 heavy (non-hydrogen) atoms. The van der Waals surface area contributed by atoms with E-state index < -0.39 is 0 Å². The number of carbonyl (C=O) groups is 1. The molecule has 0 heterocycles. The third-order valence-corrected chi connectivity index (χ3v) is 2.87. The van der Waals surface area contributed by atoms with E-state index in [4.69, 9.17) is 4.74 Å². The Bertz CT molecular complexity index is 231. The van der Waals surface area contributed by atoms with Crippen LogP contribution in [0.5, 0.6) is 0 Å². The van der Waals surface area contributed by atoms with Crippen LogP contribution >= 0.6 is 0 Å². The van der Waals surface area contributed by atoms with Gasteiger partial charge in [0.25, 0.3) is 0 Å². The molecule has 86 valence electrons. The van der Waals surface area contributed by atoms with Crippen molar-refractivity contribution in [3.8, 4) is 0 Å². The highest BCUT2D eigenvalue weighted by molar-refractivity contribution is 5.73. The van der Waals surface area contributed by atoms with Crippen LogP contribution in [0.4, 0.5) is 0 Å². The average Bonchev–Trinajstić information content (AvgIpc) is 2.70. The molecule has 0 aliphatic heterocycles. The molecule has 0 saturated heterocycles. The van der Waals surface area contributed by atoms with Crippen LogP contribution in [0.1, 0.15) is 58.8 Å². The molecule has 1 rings (SSSR count). The highest BCUT2D eigenvalue weighted by Gasteiger charge is 2.17. The zero-order valence-electron chi connectivity index (χ0n) is 9.92. The number of carbonyl (C=O) groups excluding carboxylic acids is 1. The second-order valence-corrected chi connectivity index (χ2v) is 4.38. The molecule has 0 N–H and O–H groups in total. The lowest BCUT2D eigenvalue weighted by Crippen LogP contribution is -2.14. The Hall–Kier alpha value is -0.790. The van der Waals surface area contributed by atoms with Crippen LogP contribution in [0.25, 0.3) is 0 Å². The van der Waals surface area contributed by atoms with Gasteiger partial charge in [0, 0.05) is 6.42 Å². The minimum Gasteiger partial charge on any atom is -0.431 e. The molecular formula is C13H22O2. The summed E-state index contributed by atoms with van der Waals surface area (Å²) in [6.45, 7) is 4.14. The third kappa shape index (κ3) is 4.50. The number of ether oxygens (including phenoxy) is 1. The van der Waals surface area contributed by atoms with E-state index in [-0.39, 0.29) is 11.9 Å². The van der Waals surface area contributed by atoms with Crippen LogP contribution in [0.15, 0.2) is 11.8 Å². The summed E-state index contributed by atoms with van der Waals surface area (Å²) in [5.74, 6) is 0.902. The predicted octanol–water partition coefficient (Wildman–Crippen LogP) is 3.81. The van der Waals surface area contributed by atoms with Crippen molar-refractivity contribution in [1.82, 2.24) is 0 Å². The van der Waals surface area contributed by atoms with Crippen LogP contribution in [0.2, 0.25) is 0 Å². The molecule has 2 nitrogen and oxygen atoms in total. The van der Waals surface area contributed by atoms with E-state index in [1.807, 2.05) is 13.0 Å². The number of rotatable bonds is 6. The van der Waals surface area contributed by atoms with Crippen LogP contribution in [-0.2, 0) is 9.53 Å². The molecule has 0 saturated carbocycles. The summed E-state index contributed by atoms with van der Waals surface area (Å²) in [6, 6.07) is 0. The Morgan fingerprint density at radius 3 is 2.93 bits per heavy atom.